The smallest absolute Gasteiger partial charge is 0.260 e. The SMILES string of the molecule is CCC(C)N(CCC(=O)N1CCN(CC)CC1)C(=O)COc1ccc(Cl)cc1. The molecule has 2 amide bonds. The van der Waals surface area contributed by atoms with Gasteiger partial charge in [-0.3, -0.25) is 9.59 Å². The molecule has 7 heteroatoms. The van der Waals surface area contributed by atoms with Crippen LogP contribution in [0.2, 0.25) is 5.02 Å². The number of likely N-dealkylation sites (N-methyl/N-ethyl adjacent to an activating group) is 1. The van der Waals surface area contributed by atoms with Gasteiger partial charge in [0.15, 0.2) is 6.61 Å². The van der Waals surface area contributed by atoms with Crippen LogP contribution < -0.4 is 4.74 Å². The van der Waals surface area contributed by atoms with Gasteiger partial charge in [-0.15, -0.1) is 0 Å². The lowest BCUT2D eigenvalue weighted by Crippen LogP contribution is -2.49. The first-order valence-electron chi connectivity index (χ1n) is 10.1. The van der Waals surface area contributed by atoms with Crippen LogP contribution in [-0.2, 0) is 9.59 Å². The minimum absolute atomic E-state index is 0.0463. The van der Waals surface area contributed by atoms with Crippen molar-refractivity contribution < 1.29 is 14.3 Å². The van der Waals surface area contributed by atoms with Crippen LogP contribution in [-0.4, -0.2) is 78.4 Å². The monoisotopic (exact) mass is 409 g/mol. The Morgan fingerprint density at radius 3 is 2.36 bits per heavy atom. The van der Waals surface area contributed by atoms with Gasteiger partial charge in [0.05, 0.1) is 0 Å². The molecule has 0 spiro atoms. The molecule has 0 N–H and O–H groups in total. The fraction of sp³-hybridized carbons (Fsp3) is 0.619. The molecule has 156 valence electrons. The fourth-order valence-electron chi connectivity index (χ4n) is 3.26. The molecule has 0 aromatic heterocycles. The average molecular weight is 410 g/mol. The summed E-state index contributed by atoms with van der Waals surface area (Å²) in [6.07, 6.45) is 1.18. The van der Waals surface area contributed by atoms with E-state index in [1.807, 2.05) is 18.7 Å². The lowest BCUT2D eigenvalue weighted by Gasteiger charge is -2.35. The van der Waals surface area contributed by atoms with Crippen LogP contribution in [0.25, 0.3) is 0 Å². The molecular formula is C21H32ClN3O3. The number of benzene rings is 1. The van der Waals surface area contributed by atoms with Crippen molar-refractivity contribution in [3.63, 3.8) is 0 Å². The van der Waals surface area contributed by atoms with Crippen molar-refractivity contribution in [1.29, 1.82) is 0 Å². The van der Waals surface area contributed by atoms with Gasteiger partial charge in [-0.2, -0.15) is 0 Å². The van der Waals surface area contributed by atoms with E-state index in [2.05, 4.69) is 11.8 Å². The summed E-state index contributed by atoms with van der Waals surface area (Å²) >= 11 is 5.87. The van der Waals surface area contributed by atoms with Crippen molar-refractivity contribution in [1.82, 2.24) is 14.7 Å². The summed E-state index contributed by atoms with van der Waals surface area (Å²) < 4.78 is 5.59. The average Bonchev–Trinajstić information content (AvgIpc) is 2.73. The Bertz CT molecular complexity index is 630. The molecule has 0 bridgehead atoms. The van der Waals surface area contributed by atoms with Crippen molar-refractivity contribution in [2.24, 2.45) is 0 Å². The normalized spacial score (nSPS) is 15.9. The second-order valence-electron chi connectivity index (χ2n) is 7.15. The number of rotatable bonds is 9. The van der Waals surface area contributed by atoms with Crippen molar-refractivity contribution >= 4 is 23.4 Å². The molecule has 0 radical (unpaired) electrons. The third-order valence-corrected chi connectivity index (χ3v) is 5.61. The number of amides is 2. The predicted octanol–water partition coefficient (Wildman–Crippen LogP) is 2.90. The summed E-state index contributed by atoms with van der Waals surface area (Å²) in [4.78, 5) is 31.3. The van der Waals surface area contributed by atoms with Crippen molar-refractivity contribution in [3.05, 3.63) is 29.3 Å². The van der Waals surface area contributed by atoms with Crippen LogP contribution in [0, 0.1) is 0 Å². The maximum absolute atomic E-state index is 12.7. The maximum Gasteiger partial charge on any atom is 0.260 e. The van der Waals surface area contributed by atoms with Crippen molar-refractivity contribution in [2.45, 2.75) is 39.7 Å². The van der Waals surface area contributed by atoms with Crippen LogP contribution in [0.15, 0.2) is 24.3 Å². The summed E-state index contributed by atoms with van der Waals surface area (Å²) in [5, 5.41) is 0.623. The largest absolute Gasteiger partial charge is 0.484 e. The highest BCUT2D eigenvalue weighted by Crippen LogP contribution is 2.16. The molecule has 0 aliphatic carbocycles. The fourth-order valence-corrected chi connectivity index (χ4v) is 3.38. The van der Waals surface area contributed by atoms with E-state index in [1.165, 1.54) is 0 Å². The van der Waals surface area contributed by atoms with E-state index in [-0.39, 0.29) is 24.5 Å². The third-order valence-electron chi connectivity index (χ3n) is 5.36. The van der Waals surface area contributed by atoms with E-state index in [4.69, 9.17) is 16.3 Å². The molecule has 1 fully saturated rings. The van der Waals surface area contributed by atoms with Gasteiger partial charge in [-0.05, 0) is 44.2 Å². The lowest BCUT2D eigenvalue weighted by atomic mass is 10.2. The number of carbonyl (C=O) groups excluding carboxylic acids is 2. The summed E-state index contributed by atoms with van der Waals surface area (Å²) in [7, 11) is 0. The molecule has 1 atom stereocenters. The predicted molar refractivity (Wildman–Crippen MR) is 112 cm³/mol. The highest BCUT2D eigenvalue weighted by molar-refractivity contribution is 6.30. The van der Waals surface area contributed by atoms with Crippen molar-refractivity contribution in [2.75, 3.05) is 45.9 Å². The molecule has 6 nitrogen and oxygen atoms in total. The maximum atomic E-state index is 12.7. The lowest BCUT2D eigenvalue weighted by molar-refractivity contribution is -0.138. The molecule has 1 aromatic carbocycles. The van der Waals surface area contributed by atoms with E-state index < -0.39 is 0 Å². The standard InChI is InChI=1S/C21H32ClN3O3/c1-4-17(3)25(21(27)16-28-19-8-6-18(22)7-9-19)11-10-20(26)24-14-12-23(5-2)13-15-24/h6-9,17H,4-5,10-16H2,1-3H3. The number of nitrogens with zero attached hydrogens (tertiary/aromatic N) is 3. The Morgan fingerprint density at radius 1 is 1.14 bits per heavy atom. The molecular weight excluding hydrogens is 378 g/mol. The zero-order chi connectivity index (χ0) is 20.5. The minimum atomic E-state index is -0.104. The van der Waals surface area contributed by atoms with Gasteiger partial charge in [0, 0.05) is 50.2 Å². The van der Waals surface area contributed by atoms with Gasteiger partial charge in [0.1, 0.15) is 5.75 Å². The minimum Gasteiger partial charge on any atom is -0.484 e. The molecule has 0 saturated carbocycles. The number of ether oxygens (including phenoxy) is 1. The van der Waals surface area contributed by atoms with Crippen LogP contribution in [0.4, 0.5) is 0 Å². The van der Waals surface area contributed by atoms with Gasteiger partial charge >= 0.3 is 0 Å². The topological polar surface area (TPSA) is 53.1 Å². The first-order valence-corrected chi connectivity index (χ1v) is 10.5. The van der Waals surface area contributed by atoms with E-state index in [1.54, 1.807) is 29.2 Å². The molecule has 1 heterocycles. The van der Waals surface area contributed by atoms with Gasteiger partial charge in [-0.25, -0.2) is 0 Å². The summed E-state index contributed by atoms with van der Waals surface area (Å²) in [6.45, 7) is 11.0. The van der Waals surface area contributed by atoms with E-state index >= 15 is 0 Å². The molecule has 1 aliphatic rings. The van der Waals surface area contributed by atoms with Gasteiger partial charge < -0.3 is 19.4 Å². The van der Waals surface area contributed by atoms with Crippen LogP contribution in [0.5, 0.6) is 5.75 Å². The van der Waals surface area contributed by atoms with Crippen molar-refractivity contribution in [3.8, 4) is 5.75 Å². The molecule has 1 unspecified atom stereocenters. The van der Waals surface area contributed by atoms with Crippen LogP contribution in [0.3, 0.4) is 0 Å². The van der Waals surface area contributed by atoms with E-state index in [9.17, 15) is 9.59 Å². The number of carbonyl (C=O) groups is 2. The summed E-state index contributed by atoms with van der Waals surface area (Å²) in [5.41, 5.74) is 0. The zero-order valence-corrected chi connectivity index (χ0v) is 18.0. The molecule has 1 aliphatic heterocycles. The highest BCUT2D eigenvalue weighted by Gasteiger charge is 2.24. The summed E-state index contributed by atoms with van der Waals surface area (Å²) in [6, 6.07) is 6.99. The highest BCUT2D eigenvalue weighted by atomic mass is 35.5. The Hall–Kier alpha value is -1.79. The van der Waals surface area contributed by atoms with E-state index in [0.717, 1.165) is 39.1 Å². The van der Waals surface area contributed by atoms with Crippen LogP contribution >= 0.6 is 11.6 Å². The van der Waals surface area contributed by atoms with Gasteiger partial charge in [-0.1, -0.05) is 25.4 Å². The summed E-state index contributed by atoms with van der Waals surface area (Å²) in [5.74, 6) is 0.620. The zero-order valence-electron chi connectivity index (χ0n) is 17.2. The third kappa shape index (κ3) is 6.67. The van der Waals surface area contributed by atoms with Gasteiger partial charge in [0.2, 0.25) is 5.91 Å². The number of hydrogen-bond acceptors (Lipinski definition) is 4. The number of piperazine rings is 1. The quantitative estimate of drug-likeness (QED) is 0.629. The number of hydrogen-bond donors (Lipinski definition) is 0. The first kappa shape index (κ1) is 22.5. The Balaban J connectivity index is 1.85. The molecule has 2 rings (SSSR count). The molecule has 28 heavy (non-hydrogen) atoms. The molecule has 1 saturated heterocycles. The van der Waals surface area contributed by atoms with Gasteiger partial charge in [0.25, 0.3) is 5.91 Å². The van der Waals surface area contributed by atoms with E-state index in [0.29, 0.717) is 23.7 Å². The second-order valence-corrected chi connectivity index (χ2v) is 7.59. The Labute approximate surface area is 173 Å². The Morgan fingerprint density at radius 2 is 1.79 bits per heavy atom. The Kier molecular flexibility index (Phi) is 9.06. The second kappa shape index (κ2) is 11.3. The number of halogens is 1. The molecule has 1 aromatic rings. The first-order chi connectivity index (χ1) is 13.4. The van der Waals surface area contributed by atoms with Crippen LogP contribution in [0.1, 0.15) is 33.6 Å².